The third-order valence-corrected chi connectivity index (χ3v) is 3.44. The Morgan fingerprint density at radius 1 is 1.47 bits per heavy atom. The van der Waals surface area contributed by atoms with E-state index in [2.05, 4.69) is 21.7 Å². The maximum Gasteiger partial charge on any atom is 0.273 e. The van der Waals surface area contributed by atoms with Gasteiger partial charge in [-0.25, -0.2) is 4.98 Å². The summed E-state index contributed by atoms with van der Waals surface area (Å²) < 4.78 is 1.71. The second kappa shape index (κ2) is 4.85. The third kappa shape index (κ3) is 2.24. The van der Waals surface area contributed by atoms with E-state index in [1.54, 1.807) is 17.1 Å². The quantitative estimate of drug-likeness (QED) is 0.852. The Kier molecular flexibility index (Phi) is 3.05. The number of fused-ring (bicyclic) bond motifs is 1. The Balaban J connectivity index is 1.88. The molecule has 0 spiro atoms. The molecule has 1 aromatic heterocycles. The van der Waals surface area contributed by atoms with Gasteiger partial charge >= 0.3 is 0 Å². The van der Waals surface area contributed by atoms with Crippen molar-refractivity contribution >= 4 is 11.6 Å². The van der Waals surface area contributed by atoms with Gasteiger partial charge in [0.05, 0.1) is 12.5 Å². The minimum Gasteiger partial charge on any atom is -0.330 e. The van der Waals surface area contributed by atoms with Crippen LogP contribution in [0.2, 0.25) is 0 Å². The summed E-state index contributed by atoms with van der Waals surface area (Å²) in [5, 5.41) is 6.31. The molecule has 0 aliphatic carbocycles. The van der Waals surface area contributed by atoms with Gasteiger partial charge < -0.3 is 15.2 Å². The van der Waals surface area contributed by atoms with Crippen molar-refractivity contribution in [3.63, 3.8) is 0 Å². The molecule has 98 valence electrons. The van der Waals surface area contributed by atoms with Crippen LogP contribution < -0.4 is 10.6 Å². The third-order valence-electron chi connectivity index (χ3n) is 3.44. The zero-order valence-electron chi connectivity index (χ0n) is 10.8. The number of benzene rings is 1. The lowest BCUT2D eigenvalue weighted by atomic mass is 9.99. The second-order valence-electron chi connectivity index (χ2n) is 4.71. The van der Waals surface area contributed by atoms with Gasteiger partial charge in [-0.05, 0) is 30.2 Å². The number of carbonyl (C=O) groups excluding carboxylic acids is 1. The van der Waals surface area contributed by atoms with Crippen LogP contribution in [0, 0.1) is 0 Å². The van der Waals surface area contributed by atoms with Crippen molar-refractivity contribution in [1.29, 1.82) is 0 Å². The van der Waals surface area contributed by atoms with Gasteiger partial charge in [0.1, 0.15) is 5.69 Å². The summed E-state index contributed by atoms with van der Waals surface area (Å²) in [5.74, 6) is -0.126. The molecule has 0 bridgehead atoms. The molecular weight excluding hydrogens is 240 g/mol. The first-order valence-electron chi connectivity index (χ1n) is 6.35. The van der Waals surface area contributed by atoms with E-state index in [9.17, 15) is 4.79 Å². The summed E-state index contributed by atoms with van der Waals surface area (Å²) in [7, 11) is 1.81. The van der Waals surface area contributed by atoms with Crippen molar-refractivity contribution in [3.05, 3.63) is 47.5 Å². The van der Waals surface area contributed by atoms with E-state index < -0.39 is 0 Å². The summed E-state index contributed by atoms with van der Waals surface area (Å²) in [6, 6.07) is 6.05. The molecule has 0 saturated heterocycles. The molecule has 2 N–H and O–H groups in total. The number of hydrogen-bond donors (Lipinski definition) is 2. The number of aromatic nitrogens is 2. The Hall–Kier alpha value is -2.14. The average molecular weight is 256 g/mol. The monoisotopic (exact) mass is 256 g/mol. The van der Waals surface area contributed by atoms with Crippen molar-refractivity contribution in [2.75, 3.05) is 11.9 Å². The average Bonchev–Trinajstić information content (AvgIpc) is 2.85. The molecule has 0 radical (unpaired) electrons. The molecule has 2 aromatic rings. The van der Waals surface area contributed by atoms with E-state index in [4.69, 9.17) is 0 Å². The van der Waals surface area contributed by atoms with Gasteiger partial charge in [0, 0.05) is 19.3 Å². The molecule has 19 heavy (non-hydrogen) atoms. The molecule has 0 unspecified atom stereocenters. The molecule has 0 fully saturated rings. The fourth-order valence-electron chi connectivity index (χ4n) is 2.39. The van der Waals surface area contributed by atoms with E-state index >= 15 is 0 Å². The zero-order chi connectivity index (χ0) is 13.2. The predicted molar refractivity (Wildman–Crippen MR) is 73.0 cm³/mol. The molecule has 0 saturated carbocycles. The molecule has 1 aromatic carbocycles. The number of nitrogens with zero attached hydrogens (tertiary/aromatic N) is 2. The Bertz CT molecular complexity index is 618. The van der Waals surface area contributed by atoms with Gasteiger partial charge in [0.2, 0.25) is 0 Å². The number of nitrogens with one attached hydrogen (secondary N) is 2. The second-order valence-corrected chi connectivity index (χ2v) is 4.71. The largest absolute Gasteiger partial charge is 0.330 e. The van der Waals surface area contributed by atoms with E-state index in [0.29, 0.717) is 5.69 Å². The number of imidazole rings is 1. The number of anilines is 1. The normalized spacial score (nSPS) is 13.9. The minimum atomic E-state index is -0.126. The smallest absolute Gasteiger partial charge is 0.273 e. The maximum atomic E-state index is 12.2. The van der Waals surface area contributed by atoms with Crippen molar-refractivity contribution in [2.45, 2.75) is 13.0 Å². The number of rotatable bonds is 2. The molecule has 1 aliphatic heterocycles. The Morgan fingerprint density at radius 2 is 2.37 bits per heavy atom. The number of aryl methyl sites for hydroxylation is 1. The van der Waals surface area contributed by atoms with Crippen molar-refractivity contribution < 1.29 is 4.79 Å². The molecular formula is C14H16N4O. The summed E-state index contributed by atoms with van der Waals surface area (Å²) in [4.78, 5) is 16.2. The summed E-state index contributed by atoms with van der Waals surface area (Å²) in [5.41, 5.74) is 3.93. The van der Waals surface area contributed by atoms with Gasteiger partial charge in [-0.1, -0.05) is 12.1 Å². The molecule has 3 rings (SSSR count). The lowest BCUT2D eigenvalue weighted by Crippen LogP contribution is -2.25. The van der Waals surface area contributed by atoms with Crippen LogP contribution in [0.4, 0.5) is 5.69 Å². The molecule has 5 heteroatoms. The highest BCUT2D eigenvalue weighted by Crippen LogP contribution is 2.23. The van der Waals surface area contributed by atoms with Crippen LogP contribution in [0.25, 0.3) is 0 Å². The van der Waals surface area contributed by atoms with E-state index in [1.807, 2.05) is 19.2 Å². The van der Waals surface area contributed by atoms with Crippen LogP contribution in [-0.4, -0.2) is 22.0 Å². The van der Waals surface area contributed by atoms with Crippen molar-refractivity contribution in [2.24, 2.45) is 7.05 Å². The molecule has 5 nitrogen and oxygen atoms in total. The van der Waals surface area contributed by atoms with Crippen LogP contribution in [0.3, 0.4) is 0 Å². The number of carbonyl (C=O) groups is 1. The Labute approximate surface area is 111 Å². The van der Waals surface area contributed by atoms with Gasteiger partial charge in [-0.15, -0.1) is 0 Å². The fraction of sp³-hybridized carbons (Fsp3) is 0.286. The highest BCUT2D eigenvalue weighted by atomic mass is 16.2. The van der Waals surface area contributed by atoms with Gasteiger partial charge in [0.25, 0.3) is 5.91 Å². The van der Waals surface area contributed by atoms with Crippen LogP contribution in [0.15, 0.2) is 30.7 Å². The first kappa shape index (κ1) is 11.9. The van der Waals surface area contributed by atoms with E-state index in [-0.39, 0.29) is 5.91 Å². The van der Waals surface area contributed by atoms with Crippen molar-refractivity contribution in [1.82, 2.24) is 14.9 Å². The predicted octanol–water partition coefficient (Wildman–Crippen LogP) is 1.32. The summed E-state index contributed by atoms with van der Waals surface area (Å²) in [6.07, 6.45) is 4.20. The zero-order valence-corrected chi connectivity index (χ0v) is 10.8. The van der Waals surface area contributed by atoms with Crippen LogP contribution in [0.1, 0.15) is 21.6 Å². The molecule has 1 aliphatic rings. The molecule has 2 heterocycles. The van der Waals surface area contributed by atoms with Crippen LogP contribution in [0.5, 0.6) is 0 Å². The first-order chi connectivity index (χ1) is 9.25. The highest BCUT2D eigenvalue weighted by molar-refractivity contribution is 6.03. The number of hydrogen-bond acceptors (Lipinski definition) is 3. The molecule has 1 amide bonds. The standard InChI is InChI=1S/C14H16N4O/c1-18-9-16-8-13(18)14(19)17-12-4-2-3-10-5-6-15-7-11(10)12/h2-4,8-9,15H,5-7H2,1H3,(H,17,19). The molecule has 0 atom stereocenters. The van der Waals surface area contributed by atoms with Gasteiger partial charge in [-0.2, -0.15) is 0 Å². The maximum absolute atomic E-state index is 12.2. The minimum absolute atomic E-state index is 0.126. The van der Waals surface area contributed by atoms with Gasteiger partial charge in [-0.3, -0.25) is 4.79 Å². The SMILES string of the molecule is Cn1cncc1C(=O)Nc1cccc2c1CNCC2. The summed E-state index contributed by atoms with van der Waals surface area (Å²) >= 11 is 0. The number of amides is 1. The topological polar surface area (TPSA) is 59.0 Å². The van der Waals surface area contributed by atoms with Crippen molar-refractivity contribution in [3.8, 4) is 0 Å². The Morgan fingerprint density at radius 3 is 3.16 bits per heavy atom. The highest BCUT2D eigenvalue weighted by Gasteiger charge is 2.16. The first-order valence-corrected chi connectivity index (χ1v) is 6.35. The van der Waals surface area contributed by atoms with Gasteiger partial charge in [0.15, 0.2) is 0 Å². The van der Waals surface area contributed by atoms with Crippen LogP contribution >= 0.6 is 0 Å². The lowest BCUT2D eigenvalue weighted by molar-refractivity contribution is 0.101. The fourth-order valence-corrected chi connectivity index (χ4v) is 2.39. The van der Waals surface area contributed by atoms with E-state index in [0.717, 1.165) is 25.2 Å². The van der Waals surface area contributed by atoms with E-state index in [1.165, 1.54) is 11.1 Å². The van der Waals surface area contributed by atoms with Crippen LogP contribution in [-0.2, 0) is 20.0 Å². The lowest BCUT2D eigenvalue weighted by Gasteiger charge is -2.20. The summed E-state index contributed by atoms with van der Waals surface area (Å²) in [6.45, 7) is 1.79.